The van der Waals surface area contributed by atoms with Crippen LogP contribution in [0.5, 0.6) is 0 Å². The molecule has 0 saturated heterocycles. The maximum absolute atomic E-state index is 12.7. The largest absolute Gasteiger partial charge is 0.241 e. The van der Waals surface area contributed by atoms with Crippen molar-refractivity contribution in [1.82, 2.24) is 4.72 Å². The lowest BCUT2D eigenvalue weighted by molar-refractivity contribution is 0.577. The molecule has 0 spiro atoms. The highest BCUT2D eigenvalue weighted by Gasteiger charge is 2.18. The van der Waals surface area contributed by atoms with Crippen LogP contribution in [0.1, 0.15) is 18.4 Å². The first-order valence-electron chi connectivity index (χ1n) is 8.29. The minimum Gasteiger partial charge on any atom is -0.211 e. The summed E-state index contributed by atoms with van der Waals surface area (Å²) in [6.45, 7) is 0.413. The van der Waals surface area contributed by atoms with E-state index in [-0.39, 0.29) is 4.90 Å². The van der Waals surface area contributed by atoms with Gasteiger partial charge in [0, 0.05) is 17.0 Å². The lowest BCUT2D eigenvalue weighted by atomic mass is 10.1. The highest BCUT2D eigenvalue weighted by Crippen LogP contribution is 2.29. The Morgan fingerprint density at radius 1 is 0.840 bits per heavy atom. The zero-order valence-electron chi connectivity index (χ0n) is 13.8. The van der Waals surface area contributed by atoms with E-state index >= 15 is 0 Å². The Balaban J connectivity index is 1.65. The van der Waals surface area contributed by atoms with Gasteiger partial charge >= 0.3 is 0 Å². The second-order valence-electron chi connectivity index (χ2n) is 5.93. The van der Waals surface area contributed by atoms with Crippen LogP contribution in [0.4, 0.5) is 0 Å². The molecule has 0 aliphatic carbocycles. The number of nitrogens with one attached hydrogen (secondary N) is 1. The average molecular weight is 374 g/mol. The summed E-state index contributed by atoms with van der Waals surface area (Å²) in [5.74, 6) is 0. The molecule has 130 valence electrons. The molecule has 0 bridgehead atoms. The summed E-state index contributed by atoms with van der Waals surface area (Å²) in [4.78, 5) is 0.235. The Hall–Kier alpha value is -1.88. The standard InChI is InChI=1S/C20H20ClNO2S/c21-18-13-6-11-17-12-7-14-19(20(17)18)25(23,24)22-15-5-4-10-16-8-2-1-3-9-16/h1-3,6-9,11-14,22H,4-5,10,15H2. The van der Waals surface area contributed by atoms with Crippen LogP contribution in [-0.4, -0.2) is 15.0 Å². The van der Waals surface area contributed by atoms with Crippen molar-refractivity contribution < 1.29 is 8.42 Å². The quantitative estimate of drug-likeness (QED) is 0.605. The van der Waals surface area contributed by atoms with Gasteiger partial charge in [-0.05, 0) is 42.3 Å². The van der Waals surface area contributed by atoms with E-state index in [0.29, 0.717) is 17.0 Å². The van der Waals surface area contributed by atoms with E-state index in [9.17, 15) is 8.42 Å². The van der Waals surface area contributed by atoms with E-state index < -0.39 is 10.0 Å². The molecule has 0 aliphatic heterocycles. The van der Waals surface area contributed by atoms with Crippen molar-refractivity contribution in [3.63, 3.8) is 0 Å². The maximum atomic E-state index is 12.7. The molecule has 0 aromatic heterocycles. The van der Waals surface area contributed by atoms with E-state index in [1.807, 2.05) is 36.4 Å². The molecule has 0 radical (unpaired) electrons. The first kappa shape index (κ1) is 17.9. The van der Waals surface area contributed by atoms with Crippen molar-refractivity contribution in [1.29, 1.82) is 0 Å². The molecule has 0 heterocycles. The Kier molecular flexibility index (Phi) is 5.74. The molecule has 3 rings (SSSR count). The smallest absolute Gasteiger partial charge is 0.211 e. The zero-order valence-corrected chi connectivity index (χ0v) is 15.4. The fraction of sp³-hybridized carbons (Fsp3) is 0.200. The van der Waals surface area contributed by atoms with Crippen molar-refractivity contribution in [2.24, 2.45) is 0 Å². The van der Waals surface area contributed by atoms with Crippen molar-refractivity contribution in [2.45, 2.75) is 24.2 Å². The Bertz CT molecular complexity index is 951. The second-order valence-corrected chi connectivity index (χ2v) is 8.08. The van der Waals surface area contributed by atoms with Crippen molar-refractivity contribution in [2.75, 3.05) is 6.54 Å². The number of rotatable bonds is 7. The van der Waals surface area contributed by atoms with Crippen LogP contribution in [0.3, 0.4) is 0 Å². The van der Waals surface area contributed by atoms with Gasteiger partial charge in [0.2, 0.25) is 10.0 Å². The Morgan fingerprint density at radius 2 is 1.56 bits per heavy atom. The SMILES string of the molecule is O=S(=O)(NCCCCc1ccccc1)c1cccc2cccc(Cl)c12. The highest BCUT2D eigenvalue weighted by atomic mass is 35.5. The molecule has 0 unspecified atom stereocenters. The molecular formula is C20H20ClNO2S. The number of unbranched alkanes of at least 4 members (excludes halogenated alkanes) is 1. The Labute approximate surface area is 153 Å². The predicted molar refractivity (Wildman–Crippen MR) is 104 cm³/mol. The second kappa shape index (κ2) is 8.00. The highest BCUT2D eigenvalue weighted by molar-refractivity contribution is 7.89. The molecule has 0 fully saturated rings. The van der Waals surface area contributed by atoms with Crippen LogP contribution in [0.15, 0.2) is 71.6 Å². The lowest BCUT2D eigenvalue weighted by Gasteiger charge is -2.10. The van der Waals surface area contributed by atoms with E-state index in [4.69, 9.17) is 11.6 Å². The number of hydrogen-bond donors (Lipinski definition) is 1. The molecule has 25 heavy (non-hydrogen) atoms. The van der Waals surface area contributed by atoms with Crippen LogP contribution in [0, 0.1) is 0 Å². The predicted octanol–water partition coefficient (Wildman–Crippen LogP) is 4.79. The van der Waals surface area contributed by atoms with Crippen molar-refractivity contribution >= 4 is 32.4 Å². The minimum atomic E-state index is -3.59. The van der Waals surface area contributed by atoms with Gasteiger partial charge in [0.15, 0.2) is 0 Å². The Morgan fingerprint density at radius 3 is 2.32 bits per heavy atom. The number of benzene rings is 3. The minimum absolute atomic E-state index is 0.235. The third kappa shape index (κ3) is 4.40. The summed E-state index contributed by atoms with van der Waals surface area (Å²) in [5, 5.41) is 1.84. The maximum Gasteiger partial charge on any atom is 0.241 e. The molecule has 0 aliphatic rings. The van der Waals surface area contributed by atoms with E-state index in [1.165, 1.54) is 5.56 Å². The van der Waals surface area contributed by atoms with Crippen LogP contribution in [-0.2, 0) is 16.4 Å². The molecular weight excluding hydrogens is 354 g/mol. The molecule has 3 nitrogen and oxygen atoms in total. The van der Waals surface area contributed by atoms with Crippen molar-refractivity contribution in [3.05, 3.63) is 77.3 Å². The van der Waals surface area contributed by atoms with Gasteiger partial charge in [0.05, 0.1) is 4.90 Å². The lowest BCUT2D eigenvalue weighted by Crippen LogP contribution is -2.25. The number of hydrogen-bond acceptors (Lipinski definition) is 2. The third-order valence-corrected chi connectivity index (χ3v) is 5.95. The van der Waals surface area contributed by atoms with E-state index in [1.54, 1.807) is 18.2 Å². The summed E-state index contributed by atoms with van der Waals surface area (Å²) < 4.78 is 28.0. The van der Waals surface area contributed by atoms with Crippen molar-refractivity contribution in [3.8, 4) is 0 Å². The fourth-order valence-corrected chi connectivity index (χ4v) is 4.53. The van der Waals surface area contributed by atoms with Gasteiger partial charge in [0.25, 0.3) is 0 Å². The molecule has 0 saturated carbocycles. The molecule has 0 amide bonds. The average Bonchev–Trinajstić information content (AvgIpc) is 2.62. The monoisotopic (exact) mass is 373 g/mol. The third-order valence-electron chi connectivity index (χ3n) is 4.13. The molecule has 3 aromatic carbocycles. The summed E-state index contributed by atoms with van der Waals surface area (Å²) >= 11 is 6.23. The van der Waals surface area contributed by atoms with E-state index in [0.717, 1.165) is 24.6 Å². The summed E-state index contributed by atoms with van der Waals surface area (Å²) in [7, 11) is -3.59. The summed E-state index contributed by atoms with van der Waals surface area (Å²) in [6.07, 6.45) is 2.66. The molecule has 5 heteroatoms. The van der Waals surface area contributed by atoms with Crippen LogP contribution >= 0.6 is 11.6 Å². The molecule has 3 aromatic rings. The van der Waals surface area contributed by atoms with Gasteiger partial charge < -0.3 is 0 Å². The van der Waals surface area contributed by atoms with Gasteiger partial charge in [-0.1, -0.05) is 66.2 Å². The number of sulfonamides is 1. The van der Waals surface area contributed by atoms with E-state index in [2.05, 4.69) is 16.9 Å². The first-order valence-corrected chi connectivity index (χ1v) is 10.1. The zero-order chi connectivity index (χ0) is 17.7. The van der Waals surface area contributed by atoms with Crippen LogP contribution in [0.25, 0.3) is 10.8 Å². The topological polar surface area (TPSA) is 46.2 Å². The molecule has 1 N–H and O–H groups in total. The van der Waals surface area contributed by atoms with Gasteiger partial charge in [-0.3, -0.25) is 0 Å². The van der Waals surface area contributed by atoms with Crippen LogP contribution < -0.4 is 4.72 Å². The van der Waals surface area contributed by atoms with Gasteiger partial charge in [-0.2, -0.15) is 0 Å². The summed E-state index contributed by atoms with van der Waals surface area (Å²) in [5.41, 5.74) is 1.27. The normalized spacial score (nSPS) is 11.7. The number of halogens is 1. The molecule has 0 atom stereocenters. The van der Waals surface area contributed by atoms with Gasteiger partial charge in [-0.25, -0.2) is 13.1 Å². The first-order chi connectivity index (χ1) is 12.1. The fourth-order valence-electron chi connectivity index (χ4n) is 2.87. The summed E-state index contributed by atoms with van der Waals surface area (Å²) in [6, 6.07) is 20.8. The number of aryl methyl sites for hydroxylation is 1. The van der Waals surface area contributed by atoms with Gasteiger partial charge in [0.1, 0.15) is 0 Å². The van der Waals surface area contributed by atoms with Gasteiger partial charge in [-0.15, -0.1) is 0 Å². The van der Waals surface area contributed by atoms with Crippen LogP contribution in [0.2, 0.25) is 5.02 Å². The number of fused-ring (bicyclic) bond motifs is 1.